The predicted octanol–water partition coefficient (Wildman–Crippen LogP) is 6.66. The van der Waals surface area contributed by atoms with Gasteiger partial charge in [0, 0.05) is 23.0 Å². The molecule has 1 aromatic heterocycles. The van der Waals surface area contributed by atoms with Crippen LogP contribution in [0.2, 0.25) is 0 Å². The standard InChI is InChI=1S/C37H36F6N4O6/c1-21(2)12-29(46-32(48)17-44-35(51)53-19-22-8-4-3-5-9-22)33(49)47-18-30-27(26-10-6-7-11-28(26)45-30)16-31(47)34(50)52-20-23-13-24(36(38,39)40)15-25(14-23)37(41,42)43/h3-11,13-15,21,29,31,45H,12,16-20H2,1-2H3,(H,44,51)(H,46,48)/t29-,31-/m0/s1. The Balaban J connectivity index is 1.35. The van der Waals surface area contributed by atoms with Gasteiger partial charge in [0.05, 0.1) is 17.7 Å². The van der Waals surface area contributed by atoms with Crippen LogP contribution in [-0.4, -0.2) is 52.4 Å². The first-order valence-corrected chi connectivity index (χ1v) is 16.6. The molecule has 2 heterocycles. The number of halogens is 6. The average Bonchev–Trinajstić information content (AvgIpc) is 3.48. The van der Waals surface area contributed by atoms with Crippen LogP contribution < -0.4 is 10.6 Å². The minimum atomic E-state index is -5.10. The van der Waals surface area contributed by atoms with E-state index in [1.54, 1.807) is 68.4 Å². The summed E-state index contributed by atoms with van der Waals surface area (Å²) in [5.74, 6) is -2.63. The summed E-state index contributed by atoms with van der Waals surface area (Å²) in [5, 5.41) is 5.68. The van der Waals surface area contributed by atoms with E-state index in [1.165, 1.54) is 4.90 Å². The molecular weight excluding hydrogens is 710 g/mol. The van der Waals surface area contributed by atoms with Crippen molar-refractivity contribution in [3.8, 4) is 0 Å². The van der Waals surface area contributed by atoms with Gasteiger partial charge in [0.2, 0.25) is 11.8 Å². The first-order valence-electron chi connectivity index (χ1n) is 16.6. The van der Waals surface area contributed by atoms with E-state index in [4.69, 9.17) is 9.47 Å². The highest BCUT2D eigenvalue weighted by Gasteiger charge is 2.41. The van der Waals surface area contributed by atoms with Crippen LogP contribution in [0.1, 0.15) is 53.8 Å². The van der Waals surface area contributed by atoms with E-state index in [0.717, 1.165) is 10.9 Å². The largest absolute Gasteiger partial charge is 0.459 e. The van der Waals surface area contributed by atoms with Crippen LogP contribution in [0.5, 0.6) is 0 Å². The van der Waals surface area contributed by atoms with Crippen LogP contribution in [0.15, 0.2) is 72.8 Å². The zero-order valence-electron chi connectivity index (χ0n) is 28.6. The quantitative estimate of drug-likeness (QED) is 0.116. The molecular formula is C37H36F6N4O6. The number of nitrogens with one attached hydrogen (secondary N) is 3. The van der Waals surface area contributed by atoms with E-state index < -0.39 is 78.2 Å². The SMILES string of the molecule is CC(C)C[C@H](NC(=O)CNC(=O)OCc1ccccc1)C(=O)N1Cc2[nH]c3ccccc3c2C[C@H]1C(=O)OCc1cc(C(F)(F)F)cc(C(F)(F)F)c1. The number of amides is 3. The molecule has 10 nitrogen and oxygen atoms in total. The number of esters is 1. The molecule has 3 N–H and O–H groups in total. The van der Waals surface area contributed by atoms with E-state index in [-0.39, 0.29) is 38.0 Å². The number of alkyl carbamates (subject to hydrolysis) is 1. The number of aromatic nitrogens is 1. The zero-order chi connectivity index (χ0) is 38.5. The monoisotopic (exact) mass is 746 g/mol. The van der Waals surface area contributed by atoms with Crippen LogP contribution >= 0.6 is 0 Å². The fraction of sp³-hybridized carbons (Fsp3) is 0.351. The van der Waals surface area contributed by atoms with Gasteiger partial charge in [-0.2, -0.15) is 26.3 Å². The van der Waals surface area contributed by atoms with E-state index in [0.29, 0.717) is 28.9 Å². The maximum atomic E-state index is 14.2. The third kappa shape index (κ3) is 9.87. The molecule has 0 bridgehead atoms. The Morgan fingerprint density at radius 1 is 0.849 bits per heavy atom. The summed E-state index contributed by atoms with van der Waals surface area (Å²) in [6, 6.07) is 14.3. The number of rotatable bonds is 11. The molecule has 5 rings (SSSR count). The fourth-order valence-electron chi connectivity index (χ4n) is 6.07. The third-order valence-electron chi connectivity index (χ3n) is 8.53. The number of aromatic amines is 1. The van der Waals surface area contributed by atoms with Gasteiger partial charge in [-0.25, -0.2) is 9.59 Å². The molecule has 0 saturated heterocycles. The van der Waals surface area contributed by atoms with Crippen LogP contribution in [0.3, 0.4) is 0 Å². The Hall–Kier alpha value is -5.54. The molecule has 0 spiro atoms. The number of nitrogens with zero attached hydrogens (tertiary/aromatic N) is 1. The maximum Gasteiger partial charge on any atom is 0.416 e. The number of fused-ring (bicyclic) bond motifs is 3. The van der Waals surface area contributed by atoms with Crippen LogP contribution in [0.25, 0.3) is 10.9 Å². The molecule has 2 atom stereocenters. The normalized spacial score (nSPS) is 15.1. The van der Waals surface area contributed by atoms with Crippen molar-refractivity contribution in [1.82, 2.24) is 20.5 Å². The van der Waals surface area contributed by atoms with Crippen molar-refractivity contribution in [3.05, 3.63) is 106 Å². The maximum absolute atomic E-state index is 14.2. The van der Waals surface area contributed by atoms with Gasteiger partial charge in [0.1, 0.15) is 31.8 Å². The Morgan fingerprint density at radius 2 is 1.47 bits per heavy atom. The Morgan fingerprint density at radius 3 is 2.11 bits per heavy atom. The van der Waals surface area contributed by atoms with Crippen LogP contribution in [-0.2, 0) is 62.4 Å². The van der Waals surface area contributed by atoms with Gasteiger partial charge in [0.25, 0.3) is 0 Å². The molecule has 0 aliphatic carbocycles. The average molecular weight is 747 g/mol. The molecule has 0 unspecified atom stereocenters. The summed E-state index contributed by atoms with van der Waals surface area (Å²) in [4.78, 5) is 57.5. The summed E-state index contributed by atoms with van der Waals surface area (Å²) in [7, 11) is 0. The van der Waals surface area contributed by atoms with E-state index in [1.807, 2.05) is 0 Å². The molecule has 0 fully saturated rings. The second kappa shape index (κ2) is 16.0. The van der Waals surface area contributed by atoms with Gasteiger partial charge >= 0.3 is 24.4 Å². The van der Waals surface area contributed by atoms with Crippen molar-refractivity contribution in [1.29, 1.82) is 0 Å². The van der Waals surface area contributed by atoms with E-state index in [2.05, 4.69) is 15.6 Å². The molecule has 3 amide bonds. The van der Waals surface area contributed by atoms with Crippen molar-refractivity contribution in [2.24, 2.45) is 5.92 Å². The first-order chi connectivity index (χ1) is 25.0. The van der Waals surface area contributed by atoms with Gasteiger partial charge < -0.3 is 30.0 Å². The summed E-state index contributed by atoms with van der Waals surface area (Å²) < 4.78 is 91.2. The summed E-state index contributed by atoms with van der Waals surface area (Å²) >= 11 is 0. The number of H-pyrrole nitrogens is 1. The summed E-state index contributed by atoms with van der Waals surface area (Å²) in [5.41, 5.74) is -0.990. The molecule has 1 aliphatic heterocycles. The molecule has 3 aromatic carbocycles. The highest BCUT2D eigenvalue weighted by Crippen LogP contribution is 2.37. The lowest BCUT2D eigenvalue weighted by atomic mass is 9.94. The first kappa shape index (κ1) is 38.7. The zero-order valence-corrected chi connectivity index (χ0v) is 28.6. The highest BCUT2D eigenvalue weighted by molar-refractivity contribution is 5.93. The second-order valence-electron chi connectivity index (χ2n) is 13.0. The van der Waals surface area contributed by atoms with Crippen molar-refractivity contribution in [3.63, 3.8) is 0 Å². The topological polar surface area (TPSA) is 130 Å². The van der Waals surface area contributed by atoms with Gasteiger partial charge in [-0.1, -0.05) is 62.4 Å². The Kier molecular flexibility index (Phi) is 11.7. The van der Waals surface area contributed by atoms with Crippen LogP contribution in [0, 0.1) is 5.92 Å². The van der Waals surface area contributed by atoms with E-state index >= 15 is 0 Å². The number of carbonyl (C=O) groups is 4. The number of ether oxygens (including phenoxy) is 2. The van der Waals surface area contributed by atoms with Gasteiger partial charge in [0.15, 0.2) is 0 Å². The fourth-order valence-corrected chi connectivity index (χ4v) is 6.07. The highest BCUT2D eigenvalue weighted by atomic mass is 19.4. The predicted molar refractivity (Wildman–Crippen MR) is 179 cm³/mol. The summed E-state index contributed by atoms with van der Waals surface area (Å²) in [6.07, 6.45) is -11.1. The number of hydrogen-bond acceptors (Lipinski definition) is 6. The molecule has 4 aromatic rings. The molecule has 53 heavy (non-hydrogen) atoms. The molecule has 282 valence electrons. The van der Waals surface area contributed by atoms with E-state index in [9.17, 15) is 45.5 Å². The second-order valence-corrected chi connectivity index (χ2v) is 13.0. The number of hydrogen-bond donors (Lipinski definition) is 3. The Bertz CT molecular complexity index is 1930. The van der Waals surface area contributed by atoms with Crippen molar-refractivity contribution >= 4 is 34.8 Å². The third-order valence-corrected chi connectivity index (χ3v) is 8.53. The van der Waals surface area contributed by atoms with Crippen molar-refractivity contribution in [2.75, 3.05) is 6.54 Å². The van der Waals surface area contributed by atoms with Crippen LogP contribution in [0.4, 0.5) is 31.1 Å². The number of alkyl halides is 6. The van der Waals surface area contributed by atoms with Crippen molar-refractivity contribution < 1.29 is 55.0 Å². The minimum absolute atomic E-state index is 0.0300. The molecule has 16 heteroatoms. The smallest absolute Gasteiger partial charge is 0.416 e. The molecule has 1 aliphatic rings. The number of para-hydroxylation sites is 1. The lowest BCUT2D eigenvalue weighted by molar-refractivity contribution is -0.158. The van der Waals surface area contributed by atoms with Gasteiger partial charge in [-0.05, 0) is 53.3 Å². The lowest BCUT2D eigenvalue weighted by Crippen LogP contribution is -2.57. The summed E-state index contributed by atoms with van der Waals surface area (Å²) in [6.45, 7) is 1.93. The molecule has 0 saturated carbocycles. The lowest BCUT2D eigenvalue weighted by Gasteiger charge is -2.37. The van der Waals surface area contributed by atoms with Crippen molar-refractivity contribution in [2.45, 2.75) is 70.9 Å². The Labute approximate surface area is 299 Å². The minimum Gasteiger partial charge on any atom is -0.459 e. The number of benzene rings is 3. The number of carbonyl (C=O) groups excluding carboxylic acids is 4. The van der Waals surface area contributed by atoms with Gasteiger partial charge in [-0.15, -0.1) is 0 Å². The molecule has 0 radical (unpaired) electrons. The van der Waals surface area contributed by atoms with Gasteiger partial charge in [-0.3, -0.25) is 9.59 Å².